The number of anilines is 2. The predicted octanol–water partition coefficient (Wildman–Crippen LogP) is 6.05. The number of hydrogen-bond acceptors (Lipinski definition) is 9. The molecular formula is C40H42F4N8O5. The van der Waals surface area contributed by atoms with Crippen LogP contribution >= 0.6 is 0 Å². The summed E-state index contributed by atoms with van der Waals surface area (Å²) in [5, 5.41) is 10.8. The fraction of sp³-hybridized carbons (Fsp3) is 0.375. The summed E-state index contributed by atoms with van der Waals surface area (Å²) in [6, 6.07) is 14.7. The maximum Gasteiger partial charge on any atom is 0.417 e. The molecule has 0 saturated carbocycles. The van der Waals surface area contributed by atoms with Crippen molar-refractivity contribution in [3.8, 4) is 5.75 Å². The molecule has 1 fully saturated rings. The summed E-state index contributed by atoms with van der Waals surface area (Å²) in [5.74, 6) is -0.180. The third-order valence-corrected chi connectivity index (χ3v) is 10.6. The Bertz CT molecular complexity index is 2430. The van der Waals surface area contributed by atoms with Crippen molar-refractivity contribution >= 4 is 45.2 Å². The highest BCUT2D eigenvalue weighted by atomic mass is 19.4. The van der Waals surface area contributed by atoms with E-state index in [0.29, 0.717) is 59.9 Å². The molecule has 5 aromatic rings. The first kappa shape index (κ1) is 39.4. The molecule has 2 aliphatic heterocycles. The molecule has 0 bridgehead atoms. The zero-order chi connectivity index (χ0) is 40.4. The second-order valence-electron chi connectivity index (χ2n) is 14.1. The van der Waals surface area contributed by atoms with Crippen LogP contribution in [0.5, 0.6) is 5.75 Å². The van der Waals surface area contributed by atoms with Gasteiger partial charge in [-0.3, -0.25) is 14.6 Å². The number of aromatic amines is 2. The Balaban J connectivity index is 0.928. The third-order valence-electron chi connectivity index (χ3n) is 10.6. The first-order valence-corrected chi connectivity index (χ1v) is 18.5. The number of aromatic nitrogens is 3. The van der Waals surface area contributed by atoms with Crippen molar-refractivity contribution in [1.82, 2.24) is 15.2 Å². The number of amidine groups is 1. The zero-order valence-corrected chi connectivity index (χ0v) is 31.4. The molecule has 7 rings (SSSR count). The normalized spacial score (nSPS) is 20.4. The van der Waals surface area contributed by atoms with E-state index in [9.17, 15) is 27.2 Å². The van der Waals surface area contributed by atoms with Gasteiger partial charge in [0.15, 0.2) is 0 Å². The van der Waals surface area contributed by atoms with E-state index in [1.54, 1.807) is 25.2 Å². The molecule has 0 aliphatic carbocycles. The van der Waals surface area contributed by atoms with Crippen molar-refractivity contribution in [2.24, 2.45) is 15.7 Å². The number of nitrogens with zero attached hydrogens (tertiary/aromatic N) is 4. The van der Waals surface area contributed by atoms with Gasteiger partial charge in [0.1, 0.15) is 24.0 Å². The lowest BCUT2D eigenvalue weighted by molar-refractivity contribution is -0.136. The Morgan fingerprint density at radius 1 is 1.04 bits per heavy atom. The second-order valence-corrected chi connectivity index (χ2v) is 14.1. The van der Waals surface area contributed by atoms with Gasteiger partial charge in [0.2, 0.25) is 5.56 Å². The highest BCUT2D eigenvalue weighted by molar-refractivity contribution is 6.04. The maximum absolute atomic E-state index is 14.6. The molecule has 2 aliphatic rings. The minimum Gasteiger partial charge on any atom is -0.491 e. The molecule has 4 heterocycles. The molecule has 2 aromatic heterocycles. The van der Waals surface area contributed by atoms with Crippen LogP contribution in [0, 0.1) is 5.82 Å². The van der Waals surface area contributed by atoms with Gasteiger partial charge in [0.25, 0.3) is 5.56 Å². The summed E-state index contributed by atoms with van der Waals surface area (Å²) in [7, 11) is 1.58. The standard InChI is InChI=1S/C40H42F4N8O5/c1-21-4-11-32(52(21)25-7-10-30-27(18-25)29(40(42,43)44)19-33(53)48-30)22(2)56-14-12-55-13-15-57-26-8-5-23(6-9-26)36-35(38(46-3)47-20-45)37-34-28(39(54)51-50-37)16-24(41)17-31(34)49-36/h5-10,16-22,32,35-36,49H,4,11-15H2,1-3H3,(H,48,53)(H,51,54)(H2,45,46,47)/t21-,22?,32?,35+,36+/m0/s1. The molecule has 3 aromatic carbocycles. The van der Waals surface area contributed by atoms with Crippen molar-refractivity contribution in [3.63, 3.8) is 0 Å². The smallest absolute Gasteiger partial charge is 0.417 e. The molecule has 13 nitrogen and oxygen atoms in total. The molecule has 5 N–H and O–H groups in total. The highest BCUT2D eigenvalue weighted by Gasteiger charge is 2.39. The van der Waals surface area contributed by atoms with Crippen molar-refractivity contribution in [3.05, 3.63) is 104 Å². The number of rotatable bonds is 12. The van der Waals surface area contributed by atoms with Crippen molar-refractivity contribution in [2.45, 2.75) is 63.0 Å². The number of aliphatic imine (C=N–C) groups is 2. The SMILES string of the molecule is CN=C(N=CN)[C@H]1c2n[nH]c(=O)c3cc(F)cc(c23)N[C@@H]1c1ccc(OCCOCCOC(C)C2CC[C@H](C)N2c2ccc3[nH]c(=O)cc(C(F)(F)F)c3c2)cc1. The number of H-pyrrole nitrogens is 2. The topological polar surface area (TPSA) is 172 Å². The van der Waals surface area contributed by atoms with Crippen LogP contribution in [0.25, 0.3) is 21.7 Å². The summed E-state index contributed by atoms with van der Waals surface area (Å²) >= 11 is 0. The number of benzene rings is 3. The van der Waals surface area contributed by atoms with E-state index in [0.717, 1.165) is 24.7 Å². The molecule has 0 spiro atoms. The van der Waals surface area contributed by atoms with E-state index in [1.165, 1.54) is 24.3 Å². The molecule has 0 radical (unpaired) electrons. The third kappa shape index (κ3) is 8.07. The summed E-state index contributed by atoms with van der Waals surface area (Å²) in [5.41, 5.74) is 5.84. The van der Waals surface area contributed by atoms with Crippen LogP contribution < -0.4 is 31.8 Å². The van der Waals surface area contributed by atoms with Crippen molar-refractivity contribution in [2.75, 3.05) is 43.7 Å². The molecule has 17 heteroatoms. The van der Waals surface area contributed by atoms with Crippen LogP contribution in [-0.4, -0.2) is 79.0 Å². The van der Waals surface area contributed by atoms with Gasteiger partial charge in [-0.1, -0.05) is 12.1 Å². The fourth-order valence-corrected chi connectivity index (χ4v) is 7.99. The number of nitrogens with one attached hydrogen (secondary N) is 3. The number of pyridine rings is 1. The number of ether oxygens (including phenoxy) is 3. The number of halogens is 4. The van der Waals surface area contributed by atoms with Crippen LogP contribution in [0.2, 0.25) is 0 Å². The van der Waals surface area contributed by atoms with Crippen LogP contribution in [0.3, 0.4) is 0 Å². The van der Waals surface area contributed by atoms with E-state index in [2.05, 4.69) is 35.4 Å². The van der Waals surface area contributed by atoms with Crippen LogP contribution in [-0.2, 0) is 15.7 Å². The number of hydrogen-bond donors (Lipinski definition) is 4. The summed E-state index contributed by atoms with van der Waals surface area (Å²) < 4.78 is 73.9. The maximum atomic E-state index is 14.6. The lowest BCUT2D eigenvalue weighted by atomic mass is 9.83. The zero-order valence-electron chi connectivity index (χ0n) is 31.4. The fourth-order valence-electron chi connectivity index (χ4n) is 7.99. The minimum absolute atomic E-state index is 0.0549. The van der Waals surface area contributed by atoms with Gasteiger partial charge in [-0.2, -0.15) is 18.3 Å². The van der Waals surface area contributed by atoms with Gasteiger partial charge < -0.3 is 35.1 Å². The monoisotopic (exact) mass is 790 g/mol. The molecule has 2 unspecified atom stereocenters. The minimum atomic E-state index is -4.67. The van der Waals surface area contributed by atoms with Gasteiger partial charge in [-0.15, -0.1) is 0 Å². The van der Waals surface area contributed by atoms with E-state index >= 15 is 0 Å². The van der Waals surface area contributed by atoms with E-state index in [4.69, 9.17) is 19.9 Å². The average molecular weight is 791 g/mol. The van der Waals surface area contributed by atoms with Crippen LogP contribution in [0.4, 0.5) is 28.9 Å². The second kappa shape index (κ2) is 16.3. The quantitative estimate of drug-likeness (QED) is 0.0509. The number of fused-ring (bicyclic) bond motifs is 1. The molecule has 57 heavy (non-hydrogen) atoms. The Morgan fingerprint density at radius 2 is 1.81 bits per heavy atom. The van der Waals surface area contributed by atoms with Gasteiger partial charge in [-0.05, 0) is 74.7 Å². The van der Waals surface area contributed by atoms with Gasteiger partial charge in [0, 0.05) is 46.8 Å². The van der Waals surface area contributed by atoms with Crippen molar-refractivity contribution in [1.29, 1.82) is 0 Å². The first-order chi connectivity index (χ1) is 27.4. The van der Waals surface area contributed by atoms with E-state index in [-0.39, 0.29) is 41.1 Å². The van der Waals surface area contributed by atoms with Crippen LogP contribution in [0.15, 0.2) is 80.2 Å². The largest absolute Gasteiger partial charge is 0.491 e. The van der Waals surface area contributed by atoms with E-state index < -0.39 is 40.6 Å². The predicted molar refractivity (Wildman–Crippen MR) is 210 cm³/mol. The Hall–Kier alpha value is -5.81. The molecule has 1 saturated heterocycles. The molecular weight excluding hydrogens is 748 g/mol. The van der Waals surface area contributed by atoms with Crippen molar-refractivity contribution < 1.29 is 31.8 Å². The Labute approximate surface area is 323 Å². The van der Waals surface area contributed by atoms with Gasteiger partial charge >= 0.3 is 6.18 Å². The number of alkyl halides is 3. The molecule has 300 valence electrons. The van der Waals surface area contributed by atoms with Gasteiger partial charge in [0.05, 0.1) is 66.9 Å². The molecule has 5 atom stereocenters. The van der Waals surface area contributed by atoms with E-state index in [1.807, 2.05) is 26.0 Å². The highest BCUT2D eigenvalue weighted by Crippen LogP contribution is 2.45. The average Bonchev–Trinajstić information content (AvgIpc) is 3.58. The lowest BCUT2D eigenvalue weighted by Crippen LogP contribution is -2.42. The Morgan fingerprint density at radius 3 is 2.54 bits per heavy atom. The summed E-state index contributed by atoms with van der Waals surface area (Å²) in [4.78, 5) is 37.6. The van der Waals surface area contributed by atoms with Crippen LogP contribution in [0.1, 0.15) is 55.5 Å². The Kier molecular flexibility index (Phi) is 11.3. The van der Waals surface area contributed by atoms with Gasteiger partial charge in [-0.25, -0.2) is 14.5 Å². The summed E-state index contributed by atoms with van der Waals surface area (Å²) in [6.07, 6.45) is -2.12. The summed E-state index contributed by atoms with van der Waals surface area (Å²) in [6.45, 7) is 5.16. The number of nitrogens with two attached hydrogens (primary N) is 1. The molecule has 0 amide bonds. The lowest BCUT2D eigenvalue weighted by Gasteiger charge is -2.34. The first-order valence-electron chi connectivity index (χ1n) is 18.5.